The van der Waals surface area contributed by atoms with Crippen molar-refractivity contribution in [2.45, 2.75) is 0 Å². The molecule has 98 valence electrons. The van der Waals surface area contributed by atoms with Gasteiger partial charge in [-0.1, -0.05) is 6.07 Å². The van der Waals surface area contributed by atoms with Crippen LogP contribution in [0, 0.1) is 10.1 Å². The molecule has 0 aliphatic rings. The van der Waals surface area contributed by atoms with E-state index < -0.39 is 4.92 Å². The molecule has 0 aliphatic carbocycles. The molecule has 0 aliphatic heterocycles. The summed E-state index contributed by atoms with van der Waals surface area (Å²) in [7, 11) is 1.39. The maximum Gasteiger partial charge on any atom is 0.273 e. The number of nitro groups is 1. The SMILES string of the molecule is COc1cc([N+](=O)[O-])ccc1NC(=O)c1cccs1. The van der Waals surface area contributed by atoms with Gasteiger partial charge in [0.25, 0.3) is 11.6 Å². The van der Waals surface area contributed by atoms with Crippen LogP contribution in [0.1, 0.15) is 9.67 Å². The van der Waals surface area contributed by atoms with Gasteiger partial charge in [0.2, 0.25) is 0 Å². The monoisotopic (exact) mass is 278 g/mol. The van der Waals surface area contributed by atoms with Crippen LogP contribution in [-0.4, -0.2) is 17.9 Å². The molecule has 0 saturated heterocycles. The fourth-order valence-corrected chi connectivity index (χ4v) is 2.11. The van der Waals surface area contributed by atoms with Crippen LogP contribution in [0.2, 0.25) is 0 Å². The van der Waals surface area contributed by atoms with Crippen molar-refractivity contribution in [2.75, 3.05) is 12.4 Å². The zero-order valence-corrected chi connectivity index (χ0v) is 10.8. The Hall–Kier alpha value is -2.41. The first-order chi connectivity index (χ1) is 9.11. The van der Waals surface area contributed by atoms with Gasteiger partial charge in [-0.25, -0.2) is 0 Å². The Morgan fingerprint density at radius 1 is 1.42 bits per heavy atom. The van der Waals surface area contributed by atoms with Crippen LogP contribution in [0.4, 0.5) is 11.4 Å². The van der Waals surface area contributed by atoms with Crippen LogP contribution >= 0.6 is 11.3 Å². The zero-order valence-electron chi connectivity index (χ0n) is 9.95. The lowest BCUT2D eigenvalue weighted by molar-refractivity contribution is -0.384. The highest BCUT2D eigenvalue weighted by Crippen LogP contribution is 2.29. The van der Waals surface area contributed by atoms with E-state index in [1.807, 2.05) is 0 Å². The molecule has 1 aromatic heterocycles. The number of rotatable bonds is 4. The summed E-state index contributed by atoms with van der Waals surface area (Å²) in [5, 5.41) is 15.1. The molecule has 0 atom stereocenters. The van der Waals surface area contributed by atoms with Crippen LogP contribution in [0.25, 0.3) is 0 Å². The molecule has 6 nitrogen and oxygen atoms in total. The molecule has 1 N–H and O–H groups in total. The Labute approximate surface area is 112 Å². The molecule has 0 bridgehead atoms. The van der Waals surface area contributed by atoms with E-state index in [0.717, 1.165) is 0 Å². The number of ether oxygens (including phenoxy) is 1. The Morgan fingerprint density at radius 2 is 2.21 bits per heavy atom. The number of hydrogen-bond acceptors (Lipinski definition) is 5. The minimum Gasteiger partial charge on any atom is -0.494 e. The van der Waals surface area contributed by atoms with E-state index in [4.69, 9.17) is 4.74 Å². The molecule has 1 amide bonds. The van der Waals surface area contributed by atoms with Crippen LogP contribution in [0.3, 0.4) is 0 Å². The zero-order chi connectivity index (χ0) is 13.8. The number of nitro benzene ring substituents is 1. The van der Waals surface area contributed by atoms with E-state index >= 15 is 0 Å². The van der Waals surface area contributed by atoms with Gasteiger partial charge in [0.1, 0.15) is 5.75 Å². The minimum absolute atomic E-state index is 0.0917. The summed E-state index contributed by atoms with van der Waals surface area (Å²) in [4.78, 5) is 22.6. The van der Waals surface area contributed by atoms with E-state index in [1.54, 1.807) is 17.5 Å². The number of anilines is 1. The Morgan fingerprint density at radius 3 is 2.79 bits per heavy atom. The van der Waals surface area contributed by atoms with Crippen LogP contribution in [-0.2, 0) is 0 Å². The van der Waals surface area contributed by atoms with E-state index in [2.05, 4.69) is 5.32 Å². The topological polar surface area (TPSA) is 81.5 Å². The second-order valence-electron chi connectivity index (χ2n) is 3.57. The normalized spacial score (nSPS) is 9.95. The highest BCUT2D eigenvalue weighted by Gasteiger charge is 2.14. The third kappa shape index (κ3) is 2.89. The maximum atomic E-state index is 11.9. The number of amides is 1. The Balaban J connectivity index is 2.25. The molecule has 1 aromatic carbocycles. The second kappa shape index (κ2) is 5.49. The third-order valence-electron chi connectivity index (χ3n) is 2.39. The standard InChI is InChI=1S/C12H10N2O4S/c1-18-10-7-8(14(16)17)4-5-9(10)13-12(15)11-3-2-6-19-11/h2-7H,1H3,(H,13,15). The summed E-state index contributed by atoms with van der Waals surface area (Å²) in [6.07, 6.45) is 0. The van der Waals surface area contributed by atoms with Gasteiger partial charge in [0.05, 0.1) is 28.7 Å². The number of thiophene rings is 1. The molecule has 2 rings (SSSR count). The van der Waals surface area contributed by atoms with Gasteiger partial charge in [0.15, 0.2) is 0 Å². The van der Waals surface area contributed by atoms with Crippen molar-refractivity contribution < 1.29 is 14.5 Å². The predicted molar refractivity (Wildman–Crippen MR) is 71.9 cm³/mol. The number of non-ortho nitro benzene ring substituents is 1. The molecule has 2 aromatic rings. The lowest BCUT2D eigenvalue weighted by Crippen LogP contribution is -2.11. The fourth-order valence-electron chi connectivity index (χ4n) is 1.49. The van der Waals surface area contributed by atoms with E-state index in [1.165, 1.54) is 36.6 Å². The van der Waals surface area contributed by atoms with E-state index in [0.29, 0.717) is 10.6 Å². The van der Waals surface area contributed by atoms with Gasteiger partial charge in [0, 0.05) is 6.07 Å². The fraction of sp³-hybridized carbons (Fsp3) is 0.0833. The summed E-state index contributed by atoms with van der Waals surface area (Å²) in [6, 6.07) is 7.49. The number of carbonyl (C=O) groups excluding carboxylic acids is 1. The molecule has 7 heteroatoms. The number of nitrogens with one attached hydrogen (secondary N) is 1. The molecular weight excluding hydrogens is 268 g/mol. The molecule has 0 spiro atoms. The lowest BCUT2D eigenvalue weighted by Gasteiger charge is -2.09. The third-order valence-corrected chi connectivity index (χ3v) is 3.26. The summed E-state index contributed by atoms with van der Waals surface area (Å²) in [6.45, 7) is 0. The van der Waals surface area contributed by atoms with Crippen molar-refractivity contribution >= 4 is 28.6 Å². The van der Waals surface area contributed by atoms with Crippen LogP contribution in [0.15, 0.2) is 35.7 Å². The first-order valence-electron chi connectivity index (χ1n) is 5.29. The first kappa shape index (κ1) is 13.0. The Bertz CT molecular complexity index is 610. The summed E-state index contributed by atoms with van der Waals surface area (Å²) in [5.74, 6) is -0.0266. The molecule has 0 saturated carbocycles. The number of carbonyl (C=O) groups is 1. The molecular formula is C12H10N2O4S. The second-order valence-corrected chi connectivity index (χ2v) is 4.52. The predicted octanol–water partition coefficient (Wildman–Crippen LogP) is 2.92. The van der Waals surface area contributed by atoms with Crippen LogP contribution < -0.4 is 10.1 Å². The van der Waals surface area contributed by atoms with E-state index in [9.17, 15) is 14.9 Å². The van der Waals surface area contributed by atoms with Gasteiger partial charge in [-0.2, -0.15) is 0 Å². The van der Waals surface area contributed by atoms with Crippen molar-refractivity contribution in [1.29, 1.82) is 0 Å². The van der Waals surface area contributed by atoms with E-state index in [-0.39, 0.29) is 17.3 Å². The minimum atomic E-state index is -0.520. The van der Waals surface area contributed by atoms with Crippen molar-refractivity contribution in [3.05, 3.63) is 50.7 Å². The average molecular weight is 278 g/mol. The first-order valence-corrected chi connectivity index (χ1v) is 6.17. The largest absolute Gasteiger partial charge is 0.494 e. The summed E-state index contributed by atoms with van der Waals surface area (Å²) in [5.41, 5.74) is 0.303. The summed E-state index contributed by atoms with van der Waals surface area (Å²) < 4.78 is 5.04. The highest BCUT2D eigenvalue weighted by atomic mass is 32.1. The Kier molecular flexibility index (Phi) is 3.76. The smallest absolute Gasteiger partial charge is 0.273 e. The molecule has 0 fully saturated rings. The molecule has 19 heavy (non-hydrogen) atoms. The molecule has 0 unspecified atom stereocenters. The van der Waals surface area contributed by atoms with Crippen LogP contribution in [0.5, 0.6) is 5.75 Å². The number of benzene rings is 1. The highest BCUT2D eigenvalue weighted by molar-refractivity contribution is 7.12. The van der Waals surface area contributed by atoms with Crippen molar-refractivity contribution in [3.63, 3.8) is 0 Å². The summed E-state index contributed by atoms with van der Waals surface area (Å²) >= 11 is 1.31. The van der Waals surface area contributed by atoms with Crippen molar-refractivity contribution in [3.8, 4) is 5.75 Å². The average Bonchev–Trinajstić information content (AvgIpc) is 2.92. The number of hydrogen-bond donors (Lipinski definition) is 1. The number of methoxy groups -OCH3 is 1. The van der Waals surface area contributed by atoms with Gasteiger partial charge >= 0.3 is 0 Å². The van der Waals surface area contributed by atoms with Crippen molar-refractivity contribution in [2.24, 2.45) is 0 Å². The van der Waals surface area contributed by atoms with Gasteiger partial charge < -0.3 is 10.1 Å². The van der Waals surface area contributed by atoms with Gasteiger partial charge in [-0.15, -0.1) is 11.3 Å². The maximum absolute atomic E-state index is 11.9. The quantitative estimate of drug-likeness (QED) is 0.688. The lowest BCUT2D eigenvalue weighted by atomic mass is 10.2. The van der Waals surface area contributed by atoms with Gasteiger partial charge in [-0.05, 0) is 17.5 Å². The molecule has 0 radical (unpaired) electrons. The van der Waals surface area contributed by atoms with Gasteiger partial charge in [-0.3, -0.25) is 14.9 Å². The van der Waals surface area contributed by atoms with Crippen molar-refractivity contribution in [1.82, 2.24) is 0 Å². The molecule has 1 heterocycles. The number of nitrogens with zero attached hydrogens (tertiary/aromatic N) is 1.